The highest BCUT2D eigenvalue weighted by Crippen LogP contribution is 2.42. The second-order valence-corrected chi connectivity index (χ2v) is 10.4. The largest absolute Gasteiger partial charge is 0.466 e. The summed E-state index contributed by atoms with van der Waals surface area (Å²) in [6.07, 6.45) is 2.89. The van der Waals surface area contributed by atoms with Gasteiger partial charge in [0.05, 0.1) is 18.6 Å². The fourth-order valence-electron chi connectivity index (χ4n) is 5.68. The molecule has 2 unspecified atom stereocenters. The Kier molecular flexibility index (Phi) is 9.73. The van der Waals surface area contributed by atoms with Crippen LogP contribution >= 0.6 is 0 Å². The lowest BCUT2D eigenvalue weighted by Crippen LogP contribution is -2.44. The number of rotatable bonds is 11. The van der Waals surface area contributed by atoms with Crippen LogP contribution in [0.3, 0.4) is 0 Å². The molecule has 3 aromatic carbocycles. The number of esters is 1. The third-order valence-corrected chi connectivity index (χ3v) is 8.02. The first-order chi connectivity index (χ1) is 18.4. The van der Waals surface area contributed by atoms with Crippen molar-refractivity contribution in [2.75, 3.05) is 26.2 Å². The molecule has 2 atom stereocenters. The lowest BCUT2D eigenvalue weighted by molar-refractivity contribution is -0.144. The van der Waals surface area contributed by atoms with Crippen molar-refractivity contribution in [3.8, 4) is 0 Å². The molecule has 0 aliphatic carbocycles. The van der Waals surface area contributed by atoms with Crippen LogP contribution in [-0.4, -0.2) is 47.3 Å². The average Bonchev–Trinajstić information content (AvgIpc) is 2.97. The molecular weight excluding hydrogens is 474 g/mol. The van der Waals surface area contributed by atoms with Crippen molar-refractivity contribution in [3.05, 3.63) is 107 Å². The van der Waals surface area contributed by atoms with E-state index in [1.54, 1.807) is 0 Å². The Morgan fingerprint density at radius 2 is 1.45 bits per heavy atom. The first-order valence-corrected chi connectivity index (χ1v) is 13.9. The molecule has 2 N–H and O–H groups in total. The zero-order valence-corrected chi connectivity index (χ0v) is 22.6. The number of likely N-dealkylation sites (tertiary alicyclic amines) is 1. The van der Waals surface area contributed by atoms with Crippen molar-refractivity contribution in [1.29, 1.82) is 0 Å². The Balaban J connectivity index is 1.28. The summed E-state index contributed by atoms with van der Waals surface area (Å²) in [6, 6.07) is 27.7. The van der Waals surface area contributed by atoms with Gasteiger partial charge >= 0.3 is 5.97 Å². The van der Waals surface area contributed by atoms with E-state index in [1.165, 1.54) is 0 Å². The maximum absolute atomic E-state index is 12.1. The number of hydrogen-bond donors (Lipinski definition) is 2. The molecule has 5 heteroatoms. The highest BCUT2D eigenvalue weighted by atomic mass is 16.5. The molecule has 1 aliphatic heterocycles. The van der Waals surface area contributed by atoms with Gasteiger partial charge in [0.15, 0.2) is 0 Å². The predicted molar refractivity (Wildman–Crippen MR) is 151 cm³/mol. The van der Waals surface area contributed by atoms with E-state index in [-0.39, 0.29) is 17.8 Å². The number of carbonyl (C=O) groups excluding carboxylic acids is 1. The maximum atomic E-state index is 12.1. The van der Waals surface area contributed by atoms with E-state index < -0.39 is 11.7 Å². The highest BCUT2D eigenvalue weighted by Gasteiger charge is 2.41. The van der Waals surface area contributed by atoms with Gasteiger partial charge in [-0.15, -0.1) is 0 Å². The zero-order chi connectivity index (χ0) is 27.0. The zero-order valence-electron chi connectivity index (χ0n) is 22.6. The van der Waals surface area contributed by atoms with Gasteiger partial charge in [-0.25, -0.2) is 0 Å². The van der Waals surface area contributed by atoms with E-state index in [9.17, 15) is 15.0 Å². The number of carbonyl (C=O) groups is 1. The Bertz CT molecular complexity index is 1090. The summed E-state index contributed by atoms with van der Waals surface area (Å²) in [5.41, 5.74) is 2.68. The summed E-state index contributed by atoms with van der Waals surface area (Å²) in [5, 5.41) is 22.8. The molecule has 1 saturated heterocycles. The number of nitrogens with zero attached hydrogens (tertiary/aromatic N) is 1. The molecule has 0 saturated carbocycles. The molecule has 1 aliphatic rings. The van der Waals surface area contributed by atoms with Gasteiger partial charge in [0, 0.05) is 0 Å². The fraction of sp³-hybridized carbons (Fsp3) is 0.424. The third kappa shape index (κ3) is 6.52. The molecule has 0 spiro atoms. The van der Waals surface area contributed by atoms with Crippen LogP contribution in [0, 0.1) is 5.92 Å². The quantitative estimate of drug-likeness (QED) is 0.315. The van der Waals surface area contributed by atoms with Crippen molar-refractivity contribution in [3.63, 3.8) is 0 Å². The van der Waals surface area contributed by atoms with E-state index >= 15 is 0 Å². The summed E-state index contributed by atoms with van der Waals surface area (Å²) in [7, 11) is 0. The minimum absolute atomic E-state index is 0.143. The first-order valence-electron chi connectivity index (χ1n) is 13.9. The molecule has 202 valence electrons. The van der Waals surface area contributed by atoms with Gasteiger partial charge in [-0.2, -0.15) is 0 Å². The van der Waals surface area contributed by atoms with E-state index in [4.69, 9.17) is 4.74 Å². The van der Waals surface area contributed by atoms with Gasteiger partial charge in [-0.1, -0.05) is 84.9 Å². The number of hydrogen-bond acceptors (Lipinski definition) is 5. The van der Waals surface area contributed by atoms with Gasteiger partial charge in [-0.05, 0) is 87.3 Å². The second kappa shape index (κ2) is 13.2. The third-order valence-electron chi connectivity index (χ3n) is 8.02. The molecule has 1 heterocycles. The molecular formula is C33H41NO4. The Labute approximate surface area is 227 Å². The van der Waals surface area contributed by atoms with Gasteiger partial charge in [0.1, 0.15) is 5.60 Å². The summed E-state index contributed by atoms with van der Waals surface area (Å²) in [4.78, 5) is 14.4. The lowest BCUT2D eigenvalue weighted by atomic mass is 9.72. The van der Waals surface area contributed by atoms with E-state index in [0.717, 1.165) is 61.2 Å². The van der Waals surface area contributed by atoms with Gasteiger partial charge in [-0.3, -0.25) is 4.79 Å². The van der Waals surface area contributed by atoms with Crippen molar-refractivity contribution < 1.29 is 19.7 Å². The minimum Gasteiger partial charge on any atom is -0.466 e. The molecule has 5 nitrogen and oxygen atoms in total. The molecule has 0 radical (unpaired) electrons. The van der Waals surface area contributed by atoms with Crippen molar-refractivity contribution >= 4 is 5.97 Å². The number of ether oxygens (including phenoxy) is 1. The maximum Gasteiger partial charge on any atom is 0.313 e. The number of aliphatic hydroxyl groups excluding tert-OH is 1. The normalized spacial score (nSPS) is 16.6. The Morgan fingerprint density at radius 1 is 0.921 bits per heavy atom. The topological polar surface area (TPSA) is 70.0 Å². The Hall–Kier alpha value is -2.99. The van der Waals surface area contributed by atoms with Crippen LogP contribution in [0.4, 0.5) is 0 Å². The summed E-state index contributed by atoms with van der Waals surface area (Å²) < 4.78 is 5.11. The molecule has 1 fully saturated rings. The Morgan fingerprint density at radius 3 is 1.97 bits per heavy atom. The van der Waals surface area contributed by atoms with Gasteiger partial charge < -0.3 is 19.8 Å². The monoisotopic (exact) mass is 515 g/mol. The molecule has 0 bridgehead atoms. The average molecular weight is 516 g/mol. The van der Waals surface area contributed by atoms with Crippen LogP contribution in [0.1, 0.15) is 73.8 Å². The minimum atomic E-state index is -0.998. The van der Waals surface area contributed by atoms with E-state index in [1.807, 2.05) is 98.8 Å². The summed E-state index contributed by atoms with van der Waals surface area (Å²) >= 11 is 0. The van der Waals surface area contributed by atoms with Crippen molar-refractivity contribution in [1.82, 2.24) is 4.90 Å². The number of piperidine rings is 1. The van der Waals surface area contributed by atoms with Crippen molar-refractivity contribution in [2.45, 2.75) is 57.2 Å². The summed E-state index contributed by atoms with van der Waals surface area (Å²) in [6.45, 7) is 6.82. The van der Waals surface area contributed by atoms with Crippen LogP contribution < -0.4 is 0 Å². The summed E-state index contributed by atoms with van der Waals surface area (Å²) in [5.74, 6) is -0.397. The van der Waals surface area contributed by atoms with Crippen LogP contribution in [0.25, 0.3) is 0 Å². The highest BCUT2D eigenvalue weighted by molar-refractivity contribution is 5.77. The molecule has 0 aromatic heterocycles. The van der Waals surface area contributed by atoms with Crippen LogP contribution in [0.15, 0.2) is 84.9 Å². The molecule has 4 rings (SSSR count). The fourth-order valence-corrected chi connectivity index (χ4v) is 5.68. The lowest BCUT2D eigenvalue weighted by Gasteiger charge is -2.42. The van der Waals surface area contributed by atoms with E-state index in [0.29, 0.717) is 13.0 Å². The SMILES string of the molecule is CCOC(=O)C(C)c1ccc(C(O)CCCN2CCC(C(O)(c3ccccc3)c3ccccc3)CC2)cc1. The van der Waals surface area contributed by atoms with Gasteiger partial charge in [0.2, 0.25) is 0 Å². The van der Waals surface area contributed by atoms with Crippen molar-refractivity contribution in [2.24, 2.45) is 5.92 Å². The van der Waals surface area contributed by atoms with Crippen LogP contribution in [0.2, 0.25) is 0 Å². The predicted octanol–water partition coefficient (Wildman–Crippen LogP) is 5.81. The number of benzene rings is 3. The number of aliphatic hydroxyl groups is 2. The standard InChI is InChI=1S/C33H41NO4/c1-3-38-32(36)25(2)26-16-18-27(19-17-26)31(35)15-10-22-34-23-20-30(21-24-34)33(37,28-11-6-4-7-12-28)29-13-8-5-9-14-29/h4-9,11-14,16-19,25,30-31,35,37H,3,10,15,20-24H2,1-2H3. The van der Waals surface area contributed by atoms with Gasteiger partial charge in [0.25, 0.3) is 0 Å². The second-order valence-electron chi connectivity index (χ2n) is 10.4. The van der Waals surface area contributed by atoms with Crippen LogP contribution in [-0.2, 0) is 15.1 Å². The van der Waals surface area contributed by atoms with Crippen LogP contribution in [0.5, 0.6) is 0 Å². The molecule has 0 amide bonds. The molecule has 38 heavy (non-hydrogen) atoms. The smallest absolute Gasteiger partial charge is 0.313 e. The molecule has 3 aromatic rings. The first kappa shape index (κ1) is 28.0. The van der Waals surface area contributed by atoms with E-state index in [2.05, 4.69) is 4.90 Å².